The van der Waals surface area contributed by atoms with Gasteiger partial charge in [-0.25, -0.2) is 0 Å². The first kappa shape index (κ1) is 11.2. The zero-order chi connectivity index (χ0) is 10.4. The fourth-order valence-electron chi connectivity index (χ4n) is 1.31. The van der Waals surface area contributed by atoms with Crippen LogP contribution in [0.3, 0.4) is 0 Å². The van der Waals surface area contributed by atoms with E-state index in [2.05, 4.69) is 0 Å². The second-order valence-electron chi connectivity index (χ2n) is 2.98. The molecule has 14 heavy (non-hydrogen) atoms. The lowest BCUT2D eigenvalue weighted by Crippen LogP contribution is -2.34. The van der Waals surface area contributed by atoms with E-state index in [1.807, 2.05) is 24.3 Å². The molecule has 0 aliphatic rings. The Labute approximate surface area is 85.1 Å². The van der Waals surface area contributed by atoms with E-state index in [1.165, 1.54) is 0 Å². The number of ether oxygens (including phenoxy) is 1. The summed E-state index contributed by atoms with van der Waals surface area (Å²) in [5.74, 6) is 0. The number of hydrogen-bond acceptors (Lipinski definition) is 3. The average molecular weight is 194 g/mol. The first-order chi connectivity index (χ1) is 6.81. The van der Waals surface area contributed by atoms with E-state index in [4.69, 9.17) is 14.0 Å². The quantitative estimate of drug-likeness (QED) is 0.649. The van der Waals surface area contributed by atoms with Gasteiger partial charge in [0.25, 0.3) is 0 Å². The summed E-state index contributed by atoms with van der Waals surface area (Å²) in [6.45, 7) is 0.630. The molecule has 0 aliphatic heterocycles. The third-order valence-corrected chi connectivity index (χ3v) is 1.99. The molecule has 0 bridgehead atoms. The minimum atomic E-state index is -0.286. The van der Waals surface area contributed by atoms with Crippen LogP contribution in [0.5, 0.6) is 0 Å². The van der Waals surface area contributed by atoms with Gasteiger partial charge in [-0.1, -0.05) is 24.3 Å². The van der Waals surface area contributed by atoms with Crippen LogP contribution < -0.4 is 5.46 Å². The fourth-order valence-corrected chi connectivity index (χ4v) is 1.31. The summed E-state index contributed by atoms with van der Waals surface area (Å²) in [7, 11) is 4.64. The Kier molecular flexibility index (Phi) is 4.66. The van der Waals surface area contributed by atoms with Gasteiger partial charge in [0.2, 0.25) is 0 Å². The van der Waals surface area contributed by atoms with Crippen LogP contribution in [0.15, 0.2) is 24.3 Å². The zero-order valence-electron chi connectivity index (χ0n) is 8.82. The highest BCUT2D eigenvalue weighted by molar-refractivity contribution is 6.61. The lowest BCUT2D eigenvalue weighted by Gasteiger charge is -2.08. The van der Waals surface area contributed by atoms with E-state index >= 15 is 0 Å². The summed E-state index contributed by atoms with van der Waals surface area (Å²) in [4.78, 5) is 0. The molecular formula is C10H15BO3. The fraction of sp³-hybridized carbons (Fsp3) is 0.400. The third kappa shape index (κ3) is 2.84. The molecule has 0 radical (unpaired) electrons. The Hall–Kier alpha value is -0.835. The van der Waals surface area contributed by atoms with E-state index in [-0.39, 0.29) is 7.12 Å². The monoisotopic (exact) mass is 194 g/mol. The van der Waals surface area contributed by atoms with Crippen molar-refractivity contribution in [3.8, 4) is 0 Å². The molecule has 76 valence electrons. The standard InChI is InChI=1S/C10H15BO3/c1-12-8-9-4-6-10(7-5-9)11(13-2)14-3/h4-7H,8H2,1-3H3. The van der Waals surface area contributed by atoms with Crippen molar-refractivity contribution in [2.45, 2.75) is 6.61 Å². The molecule has 0 amide bonds. The van der Waals surface area contributed by atoms with E-state index in [1.54, 1.807) is 21.3 Å². The lowest BCUT2D eigenvalue weighted by atomic mass is 9.79. The average Bonchev–Trinajstić information content (AvgIpc) is 2.23. The second kappa shape index (κ2) is 5.80. The molecule has 0 N–H and O–H groups in total. The molecule has 0 saturated heterocycles. The Balaban J connectivity index is 2.71. The van der Waals surface area contributed by atoms with Gasteiger partial charge in [-0.3, -0.25) is 0 Å². The summed E-state index contributed by atoms with van der Waals surface area (Å²) in [5, 5.41) is 0. The van der Waals surface area contributed by atoms with Gasteiger partial charge >= 0.3 is 7.12 Å². The number of hydrogen-bond donors (Lipinski definition) is 0. The topological polar surface area (TPSA) is 27.7 Å². The van der Waals surface area contributed by atoms with Gasteiger partial charge in [-0.05, 0) is 11.0 Å². The lowest BCUT2D eigenvalue weighted by molar-refractivity contribution is 0.185. The van der Waals surface area contributed by atoms with Gasteiger partial charge in [0, 0.05) is 21.3 Å². The van der Waals surface area contributed by atoms with Crippen molar-refractivity contribution in [3.05, 3.63) is 29.8 Å². The van der Waals surface area contributed by atoms with E-state index in [9.17, 15) is 0 Å². The molecule has 0 atom stereocenters. The molecule has 1 aromatic rings. The highest BCUT2D eigenvalue weighted by Crippen LogP contribution is 1.99. The van der Waals surface area contributed by atoms with Crippen molar-refractivity contribution in [3.63, 3.8) is 0 Å². The van der Waals surface area contributed by atoms with E-state index in [0.717, 1.165) is 11.0 Å². The molecule has 4 heteroatoms. The SMILES string of the molecule is COCc1ccc(B(OC)OC)cc1. The van der Waals surface area contributed by atoms with E-state index < -0.39 is 0 Å². The Morgan fingerprint density at radius 3 is 2.00 bits per heavy atom. The molecular weight excluding hydrogens is 179 g/mol. The van der Waals surface area contributed by atoms with Crippen LogP contribution in [0.4, 0.5) is 0 Å². The molecule has 0 heterocycles. The van der Waals surface area contributed by atoms with Crippen LogP contribution in [0.2, 0.25) is 0 Å². The van der Waals surface area contributed by atoms with Crippen LogP contribution in [-0.4, -0.2) is 28.4 Å². The summed E-state index contributed by atoms with van der Waals surface area (Å²) in [6, 6.07) is 7.96. The first-order valence-electron chi connectivity index (χ1n) is 4.45. The van der Waals surface area contributed by atoms with Crippen LogP contribution in [0.1, 0.15) is 5.56 Å². The van der Waals surface area contributed by atoms with Crippen molar-refractivity contribution < 1.29 is 14.0 Å². The maximum Gasteiger partial charge on any atom is 0.493 e. The van der Waals surface area contributed by atoms with E-state index in [0.29, 0.717) is 6.61 Å². The molecule has 0 unspecified atom stereocenters. The number of methoxy groups -OCH3 is 1. The molecule has 1 rings (SSSR count). The summed E-state index contributed by atoms with van der Waals surface area (Å²) >= 11 is 0. The Morgan fingerprint density at radius 1 is 1.00 bits per heavy atom. The van der Waals surface area contributed by atoms with Crippen LogP contribution in [-0.2, 0) is 20.7 Å². The first-order valence-corrected chi connectivity index (χ1v) is 4.45. The minimum Gasteiger partial charge on any atom is -0.410 e. The maximum absolute atomic E-state index is 5.13. The predicted molar refractivity (Wildman–Crippen MR) is 56.6 cm³/mol. The van der Waals surface area contributed by atoms with Gasteiger partial charge in [-0.15, -0.1) is 0 Å². The van der Waals surface area contributed by atoms with Crippen molar-refractivity contribution in [2.75, 3.05) is 21.3 Å². The minimum absolute atomic E-state index is 0.286. The number of rotatable bonds is 5. The van der Waals surface area contributed by atoms with Crippen molar-refractivity contribution in [2.24, 2.45) is 0 Å². The molecule has 0 aromatic heterocycles. The highest BCUT2D eigenvalue weighted by atomic mass is 16.6. The van der Waals surface area contributed by atoms with Crippen molar-refractivity contribution in [1.82, 2.24) is 0 Å². The molecule has 0 fully saturated rings. The maximum atomic E-state index is 5.13. The second-order valence-corrected chi connectivity index (χ2v) is 2.98. The van der Waals surface area contributed by atoms with Crippen molar-refractivity contribution in [1.29, 1.82) is 0 Å². The number of benzene rings is 1. The summed E-state index contributed by atoms with van der Waals surface area (Å²) in [6.07, 6.45) is 0. The molecule has 3 nitrogen and oxygen atoms in total. The van der Waals surface area contributed by atoms with Gasteiger partial charge in [0.1, 0.15) is 0 Å². The van der Waals surface area contributed by atoms with Gasteiger partial charge in [0.15, 0.2) is 0 Å². The summed E-state index contributed by atoms with van der Waals surface area (Å²) in [5.41, 5.74) is 2.15. The van der Waals surface area contributed by atoms with Gasteiger partial charge in [0.05, 0.1) is 6.61 Å². The summed E-state index contributed by atoms with van der Waals surface area (Å²) < 4.78 is 15.3. The predicted octanol–water partition coefficient (Wildman–Crippen LogP) is 0.821. The molecule has 0 aliphatic carbocycles. The zero-order valence-corrected chi connectivity index (χ0v) is 8.82. The van der Waals surface area contributed by atoms with Gasteiger partial charge < -0.3 is 14.0 Å². The Morgan fingerprint density at radius 2 is 1.57 bits per heavy atom. The van der Waals surface area contributed by atoms with Crippen LogP contribution in [0.25, 0.3) is 0 Å². The van der Waals surface area contributed by atoms with Gasteiger partial charge in [-0.2, -0.15) is 0 Å². The van der Waals surface area contributed by atoms with Crippen LogP contribution >= 0.6 is 0 Å². The third-order valence-electron chi connectivity index (χ3n) is 1.99. The molecule has 0 spiro atoms. The molecule has 0 saturated carbocycles. The Bertz CT molecular complexity index is 257. The molecule has 1 aromatic carbocycles. The highest BCUT2D eigenvalue weighted by Gasteiger charge is 2.16. The largest absolute Gasteiger partial charge is 0.493 e. The van der Waals surface area contributed by atoms with Crippen LogP contribution in [0, 0.1) is 0 Å². The normalized spacial score (nSPS) is 10.2. The van der Waals surface area contributed by atoms with Crippen molar-refractivity contribution >= 4 is 12.6 Å². The smallest absolute Gasteiger partial charge is 0.410 e.